The fourth-order valence-electron chi connectivity index (χ4n) is 3.86. The molecule has 136 valence electrons. The summed E-state index contributed by atoms with van der Waals surface area (Å²) in [5.74, 6) is 0.180. The lowest BCUT2D eigenvalue weighted by Crippen LogP contribution is -2.50. The number of benzene rings is 1. The van der Waals surface area contributed by atoms with Gasteiger partial charge in [0.1, 0.15) is 0 Å². The molecule has 5 nitrogen and oxygen atoms in total. The zero-order chi connectivity index (χ0) is 17.6. The van der Waals surface area contributed by atoms with Gasteiger partial charge in [0.05, 0.1) is 6.42 Å². The number of likely N-dealkylation sites (tertiary alicyclic amines) is 1. The van der Waals surface area contributed by atoms with Crippen LogP contribution in [0.15, 0.2) is 24.3 Å². The number of nitrogens with one attached hydrogen (secondary N) is 2. The van der Waals surface area contributed by atoms with Gasteiger partial charge < -0.3 is 15.5 Å². The quantitative estimate of drug-likeness (QED) is 0.883. The van der Waals surface area contributed by atoms with Crippen LogP contribution >= 0.6 is 0 Å². The highest BCUT2D eigenvalue weighted by atomic mass is 16.2. The molecule has 1 aliphatic heterocycles. The largest absolute Gasteiger partial charge is 0.342 e. The molecule has 0 aromatic heterocycles. The van der Waals surface area contributed by atoms with E-state index in [1.807, 2.05) is 30.0 Å². The van der Waals surface area contributed by atoms with Crippen molar-refractivity contribution in [3.8, 4) is 0 Å². The van der Waals surface area contributed by atoms with Crippen LogP contribution in [0.5, 0.6) is 0 Å². The molecule has 0 spiro atoms. The third kappa shape index (κ3) is 5.21. The molecule has 3 rings (SSSR count). The lowest BCUT2D eigenvalue weighted by atomic mass is 10.0. The smallest absolute Gasteiger partial charge is 0.315 e. The molecule has 1 saturated heterocycles. The SMILES string of the molecule is Cc1cccc(CC(=O)N2CCC(NC(=O)NC3CCCC3)CC2)c1. The number of hydrogen-bond acceptors (Lipinski definition) is 2. The normalized spacial score (nSPS) is 19.0. The molecule has 3 amide bonds. The molecule has 0 atom stereocenters. The van der Waals surface area contributed by atoms with Crippen LogP contribution in [0.2, 0.25) is 0 Å². The van der Waals surface area contributed by atoms with Gasteiger partial charge in [-0.15, -0.1) is 0 Å². The molecule has 25 heavy (non-hydrogen) atoms. The zero-order valence-electron chi connectivity index (χ0n) is 15.1. The van der Waals surface area contributed by atoms with Crippen molar-refractivity contribution in [2.75, 3.05) is 13.1 Å². The molecule has 1 aliphatic carbocycles. The minimum atomic E-state index is -0.0450. The van der Waals surface area contributed by atoms with Crippen LogP contribution in [-0.2, 0) is 11.2 Å². The van der Waals surface area contributed by atoms with Crippen LogP contribution in [0.1, 0.15) is 49.7 Å². The molecule has 0 unspecified atom stereocenters. The molecule has 2 N–H and O–H groups in total. The first-order chi connectivity index (χ1) is 12.1. The predicted octanol–water partition coefficient (Wildman–Crippen LogP) is 2.77. The Morgan fingerprint density at radius 2 is 1.68 bits per heavy atom. The Morgan fingerprint density at radius 3 is 2.32 bits per heavy atom. The van der Waals surface area contributed by atoms with Crippen LogP contribution in [0.4, 0.5) is 4.79 Å². The second kappa shape index (κ2) is 8.37. The van der Waals surface area contributed by atoms with E-state index >= 15 is 0 Å². The van der Waals surface area contributed by atoms with Gasteiger partial charge >= 0.3 is 6.03 Å². The van der Waals surface area contributed by atoms with Crippen molar-refractivity contribution in [3.63, 3.8) is 0 Å². The van der Waals surface area contributed by atoms with Gasteiger partial charge in [-0.2, -0.15) is 0 Å². The highest BCUT2D eigenvalue weighted by molar-refractivity contribution is 5.79. The molecule has 0 radical (unpaired) electrons. The maximum Gasteiger partial charge on any atom is 0.315 e. The van der Waals surface area contributed by atoms with Gasteiger partial charge in [-0.3, -0.25) is 4.79 Å². The van der Waals surface area contributed by atoms with E-state index in [2.05, 4.69) is 16.7 Å². The number of piperidine rings is 1. The number of nitrogens with zero attached hydrogens (tertiary/aromatic N) is 1. The average molecular weight is 343 g/mol. The maximum absolute atomic E-state index is 12.5. The fraction of sp³-hybridized carbons (Fsp3) is 0.600. The number of amides is 3. The molecule has 1 aromatic rings. The van der Waals surface area contributed by atoms with Gasteiger partial charge in [-0.1, -0.05) is 42.7 Å². The summed E-state index contributed by atoms with van der Waals surface area (Å²) in [7, 11) is 0. The number of hydrogen-bond donors (Lipinski definition) is 2. The first-order valence-electron chi connectivity index (χ1n) is 9.50. The molecule has 0 bridgehead atoms. The summed E-state index contributed by atoms with van der Waals surface area (Å²) in [6.07, 6.45) is 6.74. The highest BCUT2D eigenvalue weighted by Crippen LogP contribution is 2.18. The van der Waals surface area contributed by atoms with Crippen molar-refractivity contribution in [2.45, 2.75) is 64.0 Å². The Morgan fingerprint density at radius 1 is 1.04 bits per heavy atom. The van der Waals surface area contributed by atoms with E-state index in [1.54, 1.807) is 0 Å². The Labute approximate surface area is 150 Å². The van der Waals surface area contributed by atoms with E-state index in [0.717, 1.165) is 44.3 Å². The molecular formula is C20H29N3O2. The molecule has 1 saturated carbocycles. The Hall–Kier alpha value is -2.04. The minimum absolute atomic E-state index is 0.0450. The third-order valence-electron chi connectivity index (χ3n) is 5.31. The van der Waals surface area contributed by atoms with Crippen molar-refractivity contribution < 1.29 is 9.59 Å². The first-order valence-corrected chi connectivity index (χ1v) is 9.50. The monoisotopic (exact) mass is 343 g/mol. The van der Waals surface area contributed by atoms with E-state index in [-0.39, 0.29) is 18.0 Å². The van der Waals surface area contributed by atoms with E-state index in [1.165, 1.54) is 18.4 Å². The summed E-state index contributed by atoms with van der Waals surface area (Å²) in [4.78, 5) is 26.4. The molecule has 5 heteroatoms. The van der Waals surface area contributed by atoms with Gasteiger partial charge in [-0.05, 0) is 38.2 Å². The van der Waals surface area contributed by atoms with Gasteiger partial charge in [0.2, 0.25) is 5.91 Å². The molecule has 2 fully saturated rings. The summed E-state index contributed by atoms with van der Waals surface area (Å²) in [5, 5.41) is 6.14. The molecule has 1 aromatic carbocycles. The van der Waals surface area contributed by atoms with E-state index < -0.39 is 0 Å². The van der Waals surface area contributed by atoms with Crippen molar-refractivity contribution in [2.24, 2.45) is 0 Å². The van der Waals surface area contributed by atoms with Crippen molar-refractivity contribution in [1.29, 1.82) is 0 Å². The molecular weight excluding hydrogens is 314 g/mol. The Balaban J connectivity index is 1.40. The summed E-state index contributed by atoms with van der Waals surface area (Å²) in [6, 6.07) is 8.59. The van der Waals surface area contributed by atoms with E-state index in [4.69, 9.17) is 0 Å². The van der Waals surface area contributed by atoms with E-state index in [9.17, 15) is 9.59 Å². The van der Waals surface area contributed by atoms with Crippen molar-refractivity contribution in [1.82, 2.24) is 15.5 Å². The van der Waals surface area contributed by atoms with Crippen LogP contribution in [0.25, 0.3) is 0 Å². The number of urea groups is 1. The van der Waals surface area contributed by atoms with Crippen LogP contribution in [0, 0.1) is 6.92 Å². The van der Waals surface area contributed by atoms with Gasteiger partial charge in [0.25, 0.3) is 0 Å². The summed E-state index contributed by atoms with van der Waals surface area (Å²) >= 11 is 0. The Bertz CT molecular complexity index is 603. The van der Waals surface area contributed by atoms with Gasteiger partial charge in [-0.25, -0.2) is 4.79 Å². The third-order valence-corrected chi connectivity index (χ3v) is 5.31. The highest BCUT2D eigenvalue weighted by Gasteiger charge is 2.25. The standard InChI is InChI=1S/C20H29N3O2/c1-15-5-4-6-16(13-15)14-19(24)23-11-9-18(10-12-23)22-20(25)21-17-7-2-3-8-17/h4-6,13,17-18H,2-3,7-12,14H2,1H3,(H2,21,22,25). The summed E-state index contributed by atoms with van der Waals surface area (Å²) in [6.45, 7) is 3.49. The lowest BCUT2D eigenvalue weighted by Gasteiger charge is -2.32. The van der Waals surface area contributed by atoms with Crippen molar-refractivity contribution in [3.05, 3.63) is 35.4 Å². The summed E-state index contributed by atoms with van der Waals surface area (Å²) < 4.78 is 0. The van der Waals surface area contributed by atoms with Crippen LogP contribution in [-0.4, -0.2) is 42.0 Å². The second-order valence-electron chi connectivity index (χ2n) is 7.42. The fourth-order valence-corrected chi connectivity index (χ4v) is 3.86. The number of carbonyl (C=O) groups is 2. The van der Waals surface area contributed by atoms with Crippen molar-refractivity contribution >= 4 is 11.9 Å². The van der Waals surface area contributed by atoms with Gasteiger partial charge in [0, 0.05) is 25.2 Å². The maximum atomic E-state index is 12.5. The number of rotatable bonds is 4. The summed E-state index contributed by atoms with van der Waals surface area (Å²) in [5.41, 5.74) is 2.25. The van der Waals surface area contributed by atoms with Crippen LogP contribution in [0.3, 0.4) is 0 Å². The second-order valence-corrected chi connectivity index (χ2v) is 7.42. The topological polar surface area (TPSA) is 61.4 Å². The zero-order valence-corrected chi connectivity index (χ0v) is 15.1. The minimum Gasteiger partial charge on any atom is -0.342 e. The van der Waals surface area contributed by atoms with E-state index in [0.29, 0.717) is 12.5 Å². The lowest BCUT2D eigenvalue weighted by molar-refractivity contribution is -0.131. The predicted molar refractivity (Wildman–Crippen MR) is 98.4 cm³/mol. The Kier molecular flexibility index (Phi) is 5.95. The number of aryl methyl sites for hydroxylation is 1. The molecule has 2 aliphatic rings. The average Bonchev–Trinajstić information content (AvgIpc) is 3.08. The first kappa shape index (κ1) is 17.8. The van der Waals surface area contributed by atoms with Crippen LogP contribution < -0.4 is 10.6 Å². The van der Waals surface area contributed by atoms with Gasteiger partial charge in [0.15, 0.2) is 0 Å². The number of carbonyl (C=O) groups excluding carboxylic acids is 2. The molecule has 1 heterocycles.